The second-order valence-corrected chi connectivity index (χ2v) is 10.9. The molecule has 8 nitrogen and oxygen atoms in total. The van der Waals surface area contributed by atoms with Crippen LogP contribution in [0.3, 0.4) is 0 Å². The standard InChI is InChI=1S/C28H28N2O6S/c31-22-8-4-19(5-9-22)26-28(27(36-30-26)20-6-10-23(32)11-7-20)37(33,34)25-14-12-24(13-15-25)35-18-16-21-3-1-2-17-29-21/h4-15,21,29,31-32H,1-3,16-18H2. The number of hydrogen-bond donors (Lipinski definition) is 3. The van der Waals surface area contributed by atoms with Crippen molar-refractivity contribution in [3.05, 3.63) is 72.8 Å². The second kappa shape index (κ2) is 10.7. The van der Waals surface area contributed by atoms with E-state index in [9.17, 15) is 18.6 Å². The van der Waals surface area contributed by atoms with Crippen molar-refractivity contribution in [3.63, 3.8) is 0 Å². The van der Waals surface area contributed by atoms with Gasteiger partial charge in [-0.2, -0.15) is 0 Å². The second-order valence-electron chi connectivity index (χ2n) is 9.04. The summed E-state index contributed by atoms with van der Waals surface area (Å²) in [6.07, 6.45) is 4.48. The maximum absolute atomic E-state index is 13.9. The van der Waals surface area contributed by atoms with E-state index < -0.39 is 9.84 Å². The number of nitrogens with zero attached hydrogens (tertiary/aromatic N) is 1. The van der Waals surface area contributed by atoms with Gasteiger partial charge in [0.25, 0.3) is 0 Å². The molecule has 1 saturated heterocycles. The third-order valence-corrected chi connectivity index (χ3v) is 8.28. The summed E-state index contributed by atoms with van der Waals surface area (Å²) < 4.78 is 39.2. The van der Waals surface area contributed by atoms with Gasteiger partial charge in [0.1, 0.15) is 27.8 Å². The van der Waals surface area contributed by atoms with Crippen LogP contribution in [0, 0.1) is 0 Å². The lowest BCUT2D eigenvalue weighted by molar-refractivity contribution is 0.268. The zero-order valence-electron chi connectivity index (χ0n) is 20.1. The Balaban J connectivity index is 1.45. The molecule has 1 atom stereocenters. The van der Waals surface area contributed by atoms with Gasteiger partial charge >= 0.3 is 0 Å². The summed E-state index contributed by atoms with van der Waals surface area (Å²) in [5.74, 6) is 0.743. The van der Waals surface area contributed by atoms with Gasteiger partial charge in [0.2, 0.25) is 9.84 Å². The van der Waals surface area contributed by atoms with Gasteiger partial charge in [-0.3, -0.25) is 0 Å². The van der Waals surface area contributed by atoms with Crippen LogP contribution >= 0.6 is 0 Å². The number of piperidine rings is 1. The Morgan fingerprint density at radius 2 is 1.54 bits per heavy atom. The first-order valence-electron chi connectivity index (χ1n) is 12.2. The number of phenolic OH excluding ortho intramolecular Hbond substituents is 2. The van der Waals surface area contributed by atoms with Crippen LogP contribution in [0.2, 0.25) is 0 Å². The van der Waals surface area contributed by atoms with Crippen molar-refractivity contribution in [1.82, 2.24) is 10.5 Å². The summed E-state index contributed by atoms with van der Waals surface area (Å²) in [6, 6.07) is 18.9. The number of nitrogens with one attached hydrogen (secondary N) is 1. The number of aromatic nitrogens is 1. The first-order valence-corrected chi connectivity index (χ1v) is 13.7. The van der Waals surface area contributed by atoms with Gasteiger partial charge in [0.15, 0.2) is 5.76 Å². The van der Waals surface area contributed by atoms with Crippen LogP contribution in [-0.4, -0.2) is 43.0 Å². The van der Waals surface area contributed by atoms with Gasteiger partial charge < -0.3 is 24.8 Å². The molecule has 37 heavy (non-hydrogen) atoms. The molecule has 0 aliphatic carbocycles. The number of rotatable bonds is 8. The van der Waals surface area contributed by atoms with E-state index in [-0.39, 0.29) is 32.7 Å². The molecule has 1 fully saturated rings. The van der Waals surface area contributed by atoms with E-state index in [0.717, 1.165) is 19.4 Å². The average Bonchev–Trinajstić information content (AvgIpc) is 3.37. The Kier molecular flexibility index (Phi) is 7.16. The topological polar surface area (TPSA) is 122 Å². The zero-order valence-corrected chi connectivity index (χ0v) is 20.9. The molecule has 1 aromatic heterocycles. The lowest BCUT2D eigenvalue weighted by atomic mass is 10.0. The Labute approximate surface area is 215 Å². The van der Waals surface area contributed by atoms with Crippen molar-refractivity contribution in [3.8, 4) is 39.8 Å². The monoisotopic (exact) mass is 520 g/mol. The lowest BCUT2D eigenvalue weighted by Gasteiger charge is -2.23. The highest BCUT2D eigenvalue weighted by atomic mass is 32.2. The molecule has 1 unspecified atom stereocenters. The van der Waals surface area contributed by atoms with Crippen LogP contribution in [0.4, 0.5) is 0 Å². The smallest absolute Gasteiger partial charge is 0.212 e. The maximum atomic E-state index is 13.9. The predicted molar refractivity (Wildman–Crippen MR) is 138 cm³/mol. The Bertz CT molecular complexity index is 1380. The van der Waals surface area contributed by atoms with Crippen molar-refractivity contribution in [2.75, 3.05) is 13.2 Å². The van der Waals surface area contributed by atoms with Crippen molar-refractivity contribution in [1.29, 1.82) is 0 Å². The fourth-order valence-corrected chi connectivity index (χ4v) is 5.99. The van der Waals surface area contributed by atoms with Crippen LogP contribution in [0.25, 0.3) is 22.6 Å². The molecule has 0 bridgehead atoms. The highest BCUT2D eigenvalue weighted by Gasteiger charge is 2.31. The summed E-state index contributed by atoms with van der Waals surface area (Å²) in [5, 5.41) is 26.9. The van der Waals surface area contributed by atoms with Gasteiger partial charge in [-0.05, 0) is 98.6 Å². The van der Waals surface area contributed by atoms with E-state index in [2.05, 4.69) is 10.5 Å². The summed E-state index contributed by atoms with van der Waals surface area (Å²) in [5.41, 5.74) is 1.05. The minimum absolute atomic E-state index is 0.0429. The fourth-order valence-electron chi connectivity index (χ4n) is 4.45. The molecule has 4 aromatic rings. The van der Waals surface area contributed by atoms with E-state index in [0.29, 0.717) is 29.5 Å². The van der Waals surface area contributed by atoms with Gasteiger partial charge in [0.05, 0.1) is 11.5 Å². The maximum Gasteiger partial charge on any atom is 0.212 e. The number of sulfone groups is 1. The normalized spacial score (nSPS) is 15.9. The lowest BCUT2D eigenvalue weighted by Crippen LogP contribution is -2.35. The van der Waals surface area contributed by atoms with Crippen molar-refractivity contribution in [2.24, 2.45) is 0 Å². The minimum Gasteiger partial charge on any atom is -0.508 e. The Morgan fingerprint density at radius 1 is 0.892 bits per heavy atom. The van der Waals surface area contributed by atoms with Crippen LogP contribution in [0.5, 0.6) is 17.2 Å². The first-order chi connectivity index (χ1) is 17.9. The minimum atomic E-state index is -4.07. The molecule has 5 rings (SSSR count). The van der Waals surface area contributed by atoms with Gasteiger partial charge in [-0.25, -0.2) is 8.42 Å². The summed E-state index contributed by atoms with van der Waals surface area (Å²) >= 11 is 0. The third-order valence-electron chi connectivity index (χ3n) is 6.47. The number of phenols is 2. The summed E-state index contributed by atoms with van der Waals surface area (Å²) in [4.78, 5) is -0.0297. The van der Waals surface area contributed by atoms with E-state index in [4.69, 9.17) is 9.26 Å². The van der Waals surface area contributed by atoms with Gasteiger partial charge in [0, 0.05) is 17.2 Å². The summed E-state index contributed by atoms with van der Waals surface area (Å²) in [6.45, 7) is 1.59. The fraction of sp³-hybridized carbons (Fsp3) is 0.250. The highest BCUT2D eigenvalue weighted by molar-refractivity contribution is 7.91. The van der Waals surface area contributed by atoms with Crippen molar-refractivity contribution in [2.45, 2.75) is 41.5 Å². The van der Waals surface area contributed by atoms with Gasteiger partial charge in [-0.1, -0.05) is 11.6 Å². The zero-order chi connectivity index (χ0) is 25.8. The Hall–Kier alpha value is -3.82. The molecular formula is C28H28N2O6S. The molecular weight excluding hydrogens is 492 g/mol. The van der Waals surface area contributed by atoms with Crippen molar-refractivity contribution >= 4 is 9.84 Å². The molecule has 1 aliphatic rings. The molecule has 0 amide bonds. The molecule has 0 spiro atoms. The summed E-state index contributed by atoms with van der Waals surface area (Å²) in [7, 11) is -4.07. The Morgan fingerprint density at radius 3 is 2.16 bits per heavy atom. The number of ether oxygens (including phenoxy) is 1. The molecule has 3 N–H and O–H groups in total. The van der Waals surface area contributed by atoms with Crippen molar-refractivity contribution < 1.29 is 27.9 Å². The van der Waals surface area contributed by atoms with E-state index >= 15 is 0 Å². The van der Waals surface area contributed by atoms with Crippen LogP contribution < -0.4 is 10.1 Å². The average molecular weight is 521 g/mol. The molecule has 0 saturated carbocycles. The number of benzene rings is 3. The largest absolute Gasteiger partial charge is 0.508 e. The molecule has 9 heteroatoms. The first kappa shape index (κ1) is 24.9. The number of aromatic hydroxyl groups is 2. The quantitative estimate of drug-likeness (QED) is 0.291. The van der Waals surface area contributed by atoms with Crippen LogP contribution in [0.15, 0.2) is 87.1 Å². The van der Waals surface area contributed by atoms with Crippen LogP contribution in [-0.2, 0) is 9.84 Å². The third kappa shape index (κ3) is 5.47. The molecule has 192 valence electrons. The van der Waals surface area contributed by atoms with E-state index in [1.165, 1.54) is 49.2 Å². The number of hydrogen-bond acceptors (Lipinski definition) is 8. The van der Waals surface area contributed by atoms with Crippen LogP contribution in [0.1, 0.15) is 25.7 Å². The van der Waals surface area contributed by atoms with Gasteiger partial charge in [-0.15, -0.1) is 0 Å². The highest BCUT2D eigenvalue weighted by Crippen LogP contribution is 2.39. The SMILES string of the molecule is O=S(=O)(c1ccc(OCCC2CCCCN2)cc1)c1c(-c2ccc(O)cc2)noc1-c1ccc(O)cc1. The molecule has 2 heterocycles. The molecule has 1 aliphatic heterocycles. The predicted octanol–water partition coefficient (Wildman–Crippen LogP) is 5.16. The molecule has 0 radical (unpaired) electrons. The van der Waals surface area contributed by atoms with E-state index in [1.807, 2.05) is 0 Å². The molecule has 3 aromatic carbocycles. The van der Waals surface area contributed by atoms with E-state index in [1.54, 1.807) is 36.4 Å².